The predicted octanol–water partition coefficient (Wildman–Crippen LogP) is 1.38. The lowest BCUT2D eigenvalue weighted by Crippen LogP contribution is -2.36. The Balaban J connectivity index is 4.04. The van der Waals surface area contributed by atoms with Crippen LogP contribution in [0.2, 0.25) is 0 Å². The molecule has 18 heavy (non-hydrogen) atoms. The van der Waals surface area contributed by atoms with Crippen molar-refractivity contribution in [2.24, 2.45) is 0 Å². The van der Waals surface area contributed by atoms with Gasteiger partial charge in [0.1, 0.15) is 0 Å². The first kappa shape index (κ1) is 16.6. The molecule has 0 amide bonds. The Hall–Kier alpha value is -1.36. The highest BCUT2D eigenvalue weighted by Gasteiger charge is 2.14. The number of rotatable bonds is 10. The van der Waals surface area contributed by atoms with Crippen molar-refractivity contribution < 1.29 is 19.1 Å². The van der Waals surface area contributed by atoms with Gasteiger partial charge in [-0.25, -0.2) is 0 Å². The minimum Gasteiger partial charge on any atom is -0.465 e. The maximum Gasteiger partial charge on any atom is 0.320 e. The van der Waals surface area contributed by atoms with E-state index in [1.807, 2.05) is 6.92 Å². The summed E-state index contributed by atoms with van der Waals surface area (Å²) >= 11 is 0. The summed E-state index contributed by atoms with van der Waals surface area (Å²) < 4.78 is 9.87. The van der Waals surface area contributed by atoms with Crippen molar-refractivity contribution in [2.45, 2.75) is 26.7 Å². The number of hydrogen-bond acceptors (Lipinski definition) is 5. The Bertz CT molecular complexity index is 266. The Morgan fingerprint density at radius 1 is 1.17 bits per heavy atom. The fraction of sp³-hybridized carbons (Fsp3) is 0.692. The molecule has 0 N–H and O–H groups in total. The summed E-state index contributed by atoms with van der Waals surface area (Å²) in [6.07, 6.45) is 3.47. The van der Waals surface area contributed by atoms with Gasteiger partial charge in [0.25, 0.3) is 0 Å². The summed E-state index contributed by atoms with van der Waals surface area (Å²) in [5, 5.41) is 0. The molecule has 0 rings (SSSR count). The summed E-state index contributed by atoms with van der Waals surface area (Å²) in [4.78, 5) is 24.5. The molecule has 0 heterocycles. The lowest BCUT2D eigenvalue weighted by Gasteiger charge is -2.18. The van der Waals surface area contributed by atoms with Gasteiger partial charge in [-0.15, -0.1) is 6.58 Å². The molecule has 0 radical (unpaired) electrons. The first-order valence-corrected chi connectivity index (χ1v) is 6.28. The fourth-order valence-electron chi connectivity index (χ4n) is 1.32. The van der Waals surface area contributed by atoms with Gasteiger partial charge in [0.05, 0.1) is 26.3 Å². The molecule has 0 atom stereocenters. The highest BCUT2D eigenvalue weighted by molar-refractivity contribution is 5.75. The molecule has 0 spiro atoms. The van der Waals surface area contributed by atoms with Crippen molar-refractivity contribution in [1.29, 1.82) is 0 Å². The Morgan fingerprint density at radius 2 is 1.78 bits per heavy atom. The molecule has 0 saturated heterocycles. The van der Waals surface area contributed by atoms with E-state index >= 15 is 0 Å². The number of hydrogen-bond donors (Lipinski definition) is 0. The van der Waals surface area contributed by atoms with Crippen LogP contribution in [0.25, 0.3) is 0 Å². The van der Waals surface area contributed by atoms with E-state index in [0.29, 0.717) is 19.8 Å². The van der Waals surface area contributed by atoms with Crippen molar-refractivity contribution in [1.82, 2.24) is 4.90 Å². The molecule has 0 aromatic carbocycles. The van der Waals surface area contributed by atoms with Crippen LogP contribution in [0.15, 0.2) is 12.7 Å². The SMILES string of the molecule is C=CCN(CC(=O)OCC)CC(=O)OCCCC. The normalized spacial score (nSPS) is 10.2. The van der Waals surface area contributed by atoms with Crippen LogP contribution in [0.3, 0.4) is 0 Å². The van der Waals surface area contributed by atoms with Crippen molar-refractivity contribution >= 4 is 11.9 Å². The lowest BCUT2D eigenvalue weighted by atomic mass is 10.4. The molecule has 0 fully saturated rings. The van der Waals surface area contributed by atoms with Crippen LogP contribution in [0, 0.1) is 0 Å². The summed E-state index contributed by atoms with van der Waals surface area (Å²) in [5.74, 6) is -0.671. The molecule has 0 bridgehead atoms. The van der Waals surface area contributed by atoms with Gasteiger partial charge >= 0.3 is 11.9 Å². The van der Waals surface area contributed by atoms with E-state index < -0.39 is 0 Å². The van der Waals surface area contributed by atoms with Crippen LogP contribution in [-0.4, -0.2) is 49.7 Å². The lowest BCUT2D eigenvalue weighted by molar-refractivity contribution is -0.148. The van der Waals surface area contributed by atoms with E-state index in [1.165, 1.54) is 0 Å². The number of esters is 2. The first-order valence-electron chi connectivity index (χ1n) is 6.28. The molecule has 0 aliphatic rings. The maximum atomic E-state index is 11.5. The second-order valence-electron chi connectivity index (χ2n) is 3.84. The third kappa shape index (κ3) is 8.75. The molecule has 0 unspecified atom stereocenters. The standard InChI is InChI=1S/C13H23NO4/c1-4-7-9-18-13(16)11-14(8-5-2)10-12(15)17-6-3/h5H,2,4,6-11H2,1,3H3. The number of carbonyl (C=O) groups excluding carboxylic acids is 2. The van der Waals surface area contributed by atoms with Gasteiger partial charge in [0, 0.05) is 6.54 Å². The van der Waals surface area contributed by atoms with Crippen molar-refractivity contribution in [2.75, 3.05) is 32.8 Å². The summed E-state index contributed by atoms with van der Waals surface area (Å²) in [5.41, 5.74) is 0. The Kier molecular flexibility index (Phi) is 9.96. The average Bonchev–Trinajstić information content (AvgIpc) is 2.29. The monoisotopic (exact) mass is 257 g/mol. The second-order valence-corrected chi connectivity index (χ2v) is 3.84. The van der Waals surface area contributed by atoms with Crippen LogP contribution in [0.5, 0.6) is 0 Å². The molecule has 5 nitrogen and oxygen atoms in total. The number of unbranched alkanes of at least 4 members (excludes halogenated alkanes) is 1. The highest BCUT2D eigenvalue weighted by Crippen LogP contribution is 1.95. The number of nitrogens with zero attached hydrogens (tertiary/aromatic N) is 1. The van der Waals surface area contributed by atoms with Crippen LogP contribution in [-0.2, 0) is 19.1 Å². The summed E-state index contributed by atoms with van der Waals surface area (Å²) in [7, 11) is 0. The molecule has 0 aromatic heterocycles. The zero-order chi connectivity index (χ0) is 13.8. The molecule has 0 aromatic rings. The molecule has 0 aliphatic heterocycles. The molecular formula is C13H23NO4. The zero-order valence-corrected chi connectivity index (χ0v) is 11.3. The minimum absolute atomic E-state index is 0.0722. The Labute approximate surface area is 109 Å². The molecule has 5 heteroatoms. The molecular weight excluding hydrogens is 234 g/mol. The molecule has 0 aliphatic carbocycles. The number of carbonyl (C=O) groups is 2. The van der Waals surface area contributed by atoms with E-state index in [9.17, 15) is 9.59 Å². The highest BCUT2D eigenvalue weighted by atomic mass is 16.5. The summed E-state index contributed by atoms with van der Waals surface area (Å²) in [6, 6.07) is 0. The van der Waals surface area contributed by atoms with E-state index in [1.54, 1.807) is 17.9 Å². The molecule has 104 valence electrons. The van der Waals surface area contributed by atoms with Crippen LogP contribution >= 0.6 is 0 Å². The smallest absolute Gasteiger partial charge is 0.320 e. The van der Waals surface area contributed by atoms with E-state index in [2.05, 4.69) is 6.58 Å². The van der Waals surface area contributed by atoms with Crippen LogP contribution in [0.1, 0.15) is 26.7 Å². The number of ether oxygens (including phenoxy) is 2. The van der Waals surface area contributed by atoms with Gasteiger partial charge in [-0.1, -0.05) is 19.4 Å². The maximum absolute atomic E-state index is 11.5. The van der Waals surface area contributed by atoms with E-state index in [0.717, 1.165) is 12.8 Å². The summed E-state index contributed by atoms with van der Waals surface area (Å²) in [6.45, 7) is 8.72. The van der Waals surface area contributed by atoms with E-state index in [-0.39, 0.29) is 25.0 Å². The minimum atomic E-state index is -0.347. The quantitative estimate of drug-likeness (QED) is 0.336. The van der Waals surface area contributed by atoms with Gasteiger partial charge in [0.2, 0.25) is 0 Å². The van der Waals surface area contributed by atoms with Gasteiger partial charge in [-0.05, 0) is 13.3 Å². The van der Waals surface area contributed by atoms with Crippen LogP contribution in [0.4, 0.5) is 0 Å². The van der Waals surface area contributed by atoms with Crippen molar-refractivity contribution in [3.8, 4) is 0 Å². The fourth-order valence-corrected chi connectivity index (χ4v) is 1.32. The van der Waals surface area contributed by atoms with Crippen molar-refractivity contribution in [3.05, 3.63) is 12.7 Å². The van der Waals surface area contributed by atoms with Crippen molar-refractivity contribution in [3.63, 3.8) is 0 Å². The van der Waals surface area contributed by atoms with Gasteiger partial charge in [0.15, 0.2) is 0 Å². The topological polar surface area (TPSA) is 55.8 Å². The second kappa shape index (κ2) is 10.8. The van der Waals surface area contributed by atoms with E-state index in [4.69, 9.17) is 9.47 Å². The molecule has 0 saturated carbocycles. The predicted molar refractivity (Wildman–Crippen MR) is 69.1 cm³/mol. The Morgan fingerprint density at radius 3 is 2.28 bits per heavy atom. The van der Waals surface area contributed by atoms with Gasteiger partial charge in [-0.3, -0.25) is 14.5 Å². The largest absolute Gasteiger partial charge is 0.465 e. The van der Waals surface area contributed by atoms with Gasteiger partial charge in [-0.2, -0.15) is 0 Å². The average molecular weight is 257 g/mol. The third-order valence-electron chi connectivity index (χ3n) is 2.16. The van der Waals surface area contributed by atoms with Crippen LogP contribution < -0.4 is 0 Å². The van der Waals surface area contributed by atoms with Gasteiger partial charge < -0.3 is 9.47 Å². The third-order valence-corrected chi connectivity index (χ3v) is 2.16. The first-order chi connectivity index (χ1) is 8.63. The zero-order valence-electron chi connectivity index (χ0n) is 11.3.